The molecule has 0 radical (unpaired) electrons. The molecule has 2 N–H and O–H groups in total. The Balaban J connectivity index is 1.34. The molecule has 214 valence electrons. The summed E-state index contributed by atoms with van der Waals surface area (Å²) in [5.41, 5.74) is 4.39. The van der Waals surface area contributed by atoms with Gasteiger partial charge in [-0.3, -0.25) is 0 Å². The van der Waals surface area contributed by atoms with Crippen LogP contribution in [-0.4, -0.2) is 68.5 Å². The van der Waals surface area contributed by atoms with Crippen LogP contribution in [0, 0.1) is 12.3 Å². The van der Waals surface area contributed by atoms with Crippen molar-refractivity contribution in [1.82, 2.24) is 14.9 Å². The number of ether oxygens (including phenoxy) is 1. The average Bonchev–Trinajstić information content (AvgIpc) is 2.93. The number of benzene rings is 2. The largest absolute Gasteiger partial charge is 0.494 e. The molecular weight excluding hydrogens is 543 g/mol. The number of nitrogens with zero attached hydrogens (tertiary/aromatic N) is 4. The minimum absolute atomic E-state index is 0.369. The van der Waals surface area contributed by atoms with E-state index in [4.69, 9.17) is 16.3 Å². The van der Waals surface area contributed by atoms with E-state index in [1.807, 2.05) is 24.3 Å². The highest BCUT2D eigenvalue weighted by Gasteiger charge is 2.37. The van der Waals surface area contributed by atoms with Gasteiger partial charge in [0.05, 0.1) is 24.7 Å². The van der Waals surface area contributed by atoms with Gasteiger partial charge in [0.25, 0.3) is 0 Å². The van der Waals surface area contributed by atoms with Crippen LogP contribution in [0.2, 0.25) is 5.02 Å². The van der Waals surface area contributed by atoms with Gasteiger partial charge in [0.2, 0.25) is 5.95 Å². The first kappa shape index (κ1) is 28.7. The third-order valence-corrected chi connectivity index (χ3v) is 10.3. The topological polar surface area (TPSA) is 82.6 Å². The Morgan fingerprint density at radius 3 is 2.35 bits per heavy atom. The van der Waals surface area contributed by atoms with E-state index in [9.17, 15) is 4.57 Å². The second kappa shape index (κ2) is 11.6. The third kappa shape index (κ3) is 6.24. The molecule has 2 aliphatic heterocycles. The van der Waals surface area contributed by atoms with Crippen LogP contribution >= 0.6 is 18.7 Å². The molecule has 8 nitrogen and oxygen atoms in total. The molecule has 40 heavy (non-hydrogen) atoms. The number of piperidine rings is 2. The predicted octanol–water partition coefficient (Wildman–Crippen LogP) is 6.49. The first-order chi connectivity index (χ1) is 19.1. The molecule has 3 aromatic rings. The number of hydrogen-bond acceptors (Lipinski definition) is 8. The molecule has 5 rings (SSSR count). The fourth-order valence-electron chi connectivity index (χ4n) is 5.91. The Morgan fingerprint density at radius 1 is 1.00 bits per heavy atom. The molecule has 10 heteroatoms. The monoisotopic (exact) mass is 582 g/mol. The maximum absolute atomic E-state index is 12.8. The molecule has 0 saturated carbocycles. The molecule has 2 saturated heterocycles. The van der Waals surface area contributed by atoms with Crippen molar-refractivity contribution in [2.45, 2.75) is 32.6 Å². The first-order valence-electron chi connectivity index (χ1n) is 13.9. The standard InChI is InChI=1S/C30H40ClN6O2P/c1-21-18-24(26(39-3)19-25(21)37-16-12-30(13-17-37)10-14-36(2)15-11-30)34-29-32-20-22(31)28(35-29)33-23-8-6-7-9-27(23)40(4,5)38/h6-9,18-20H,10-17H2,1-5H3,(H2,32,33,34,35). The molecule has 1 aromatic heterocycles. The Hall–Kier alpha value is -2.80. The Morgan fingerprint density at radius 2 is 1.68 bits per heavy atom. The molecule has 2 fully saturated rings. The molecule has 0 unspecified atom stereocenters. The summed E-state index contributed by atoms with van der Waals surface area (Å²) >= 11 is 6.45. The maximum Gasteiger partial charge on any atom is 0.229 e. The van der Waals surface area contributed by atoms with Crippen LogP contribution in [0.15, 0.2) is 42.6 Å². The van der Waals surface area contributed by atoms with Crippen LogP contribution in [0.25, 0.3) is 0 Å². The van der Waals surface area contributed by atoms with E-state index in [-0.39, 0.29) is 0 Å². The lowest BCUT2D eigenvalue weighted by molar-refractivity contribution is 0.0944. The van der Waals surface area contributed by atoms with Crippen molar-refractivity contribution in [3.8, 4) is 5.75 Å². The van der Waals surface area contributed by atoms with Gasteiger partial charge >= 0.3 is 0 Å². The summed E-state index contributed by atoms with van der Waals surface area (Å²) in [4.78, 5) is 14.0. The van der Waals surface area contributed by atoms with Gasteiger partial charge in [0.15, 0.2) is 5.82 Å². The summed E-state index contributed by atoms with van der Waals surface area (Å²) in [6.45, 7) is 10.2. The highest BCUT2D eigenvalue weighted by molar-refractivity contribution is 7.70. The SMILES string of the molecule is COc1cc(N2CCC3(CCN(C)CC3)CC2)c(C)cc1Nc1ncc(Cl)c(Nc2ccccc2P(C)(C)=O)n1. The summed E-state index contributed by atoms with van der Waals surface area (Å²) in [6.07, 6.45) is 6.65. The second-order valence-corrected chi connectivity index (χ2v) is 15.2. The van der Waals surface area contributed by atoms with E-state index in [0.29, 0.717) is 27.9 Å². The van der Waals surface area contributed by atoms with Crippen molar-refractivity contribution >= 4 is 52.9 Å². The second-order valence-electron chi connectivity index (χ2n) is 11.6. The van der Waals surface area contributed by atoms with Gasteiger partial charge in [-0.05, 0) is 95.3 Å². The number of methoxy groups -OCH3 is 1. The smallest absolute Gasteiger partial charge is 0.229 e. The molecule has 3 heterocycles. The van der Waals surface area contributed by atoms with Crippen molar-refractivity contribution in [2.75, 3.05) is 69.2 Å². The fraction of sp³-hybridized carbons (Fsp3) is 0.467. The van der Waals surface area contributed by atoms with Gasteiger partial charge in [0, 0.05) is 30.1 Å². The molecule has 2 aromatic carbocycles. The molecule has 1 spiro atoms. The number of aryl methyl sites for hydroxylation is 1. The minimum Gasteiger partial charge on any atom is -0.494 e. The Kier molecular flexibility index (Phi) is 8.32. The van der Waals surface area contributed by atoms with Crippen molar-refractivity contribution in [1.29, 1.82) is 0 Å². The normalized spacial score (nSPS) is 17.6. The average molecular weight is 583 g/mol. The number of para-hydroxylation sites is 1. The zero-order valence-electron chi connectivity index (χ0n) is 24.1. The highest BCUT2D eigenvalue weighted by Crippen LogP contribution is 2.44. The minimum atomic E-state index is -2.51. The van der Waals surface area contributed by atoms with E-state index >= 15 is 0 Å². The maximum atomic E-state index is 12.8. The molecular formula is C30H40ClN6O2P. The number of hydrogen-bond donors (Lipinski definition) is 2. The van der Waals surface area contributed by atoms with Crippen LogP contribution in [0.3, 0.4) is 0 Å². The molecule has 0 atom stereocenters. The van der Waals surface area contributed by atoms with Gasteiger partial charge in [-0.25, -0.2) is 4.98 Å². The van der Waals surface area contributed by atoms with E-state index in [0.717, 1.165) is 29.8 Å². The van der Waals surface area contributed by atoms with Crippen molar-refractivity contribution in [2.24, 2.45) is 5.41 Å². The van der Waals surface area contributed by atoms with Gasteiger partial charge in [-0.2, -0.15) is 4.98 Å². The summed E-state index contributed by atoms with van der Waals surface area (Å²) in [7, 11) is 1.41. The van der Waals surface area contributed by atoms with Gasteiger partial charge in [0.1, 0.15) is 17.9 Å². The number of rotatable bonds is 7. The summed E-state index contributed by atoms with van der Waals surface area (Å²) in [5, 5.41) is 7.69. The summed E-state index contributed by atoms with van der Waals surface area (Å²) in [5.74, 6) is 1.55. The quantitative estimate of drug-likeness (QED) is 0.306. The lowest BCUT2D eigenvalue weighted by Gasteiger charge is -2.47. The van der Waals surface area contributed by atoms with Crippen LogP contribution < -0.4 is 25.6 Å². The van der Waals surface area contributed by atoms with E-state index in [1.54, 1.807) is 26.6 Å². The lowest BCUT2D eigenvalue weighted by Crippen LogP contribution is -2.46. The van der Waals surface area contributed by atoms with Crippen LogP contribution in [0.1, 0.15) is 31.2 Å². The van der Waals surface area contributed by atoms with Gasteiger partial charge in [-0.1, -0.05) is 23.7 Å². The molecule has 0 aliphatic carbocycles. The van der Waals surface area contributed by atoms with Gasteiger partial charge < -0.3 is 29.7 Å². The van der Waals surface area contributed by atoms with E-state index in [1.165, 1.54) is 50.0 Å². The molecule has 0 amide bonds. The number of nitrogens with one attached hydrogen (secondary N) is 2. The highest BCUT2D eigenvalue weighted by atomic mass is 35.5. The van der Waals surface area contributed by atoms with Crippen molar-refractivity contribution in [3.63, 3.8) is 0 Å². The zero-order valence-corrected chi connectivity index (χ0v) is 25.8. The van der Waals surface area contributed by atoms with E-state index in [2.05, 4.69) is 56.5 Å². The molecule has 0 bridgehead atoms. The lowest BCUT2D eigenvalue weighted by atomic mass is 9.71. The predicted molar refractivity (Wildman–Crippen MR) is 167 cm³/mol. The van der Waals surface area contributed by atoms with Crippen LogP contribution in [0.5, 0.6) is 5.75 Å². The summed E-state index contributed by atoms with van der Waals surface area (Å²) in [6, 6.07) is 11.7. The number of anilines is 5. The van der Waals surface area contributed by atoms with Crippen LogP contribution in [-0.2, 0) is 4.57 Å². The Bertz CT molecular complexity index is 1410. The number of halogens is 1. The van der Waals surface area contributed by atoms with Crippen LogP contribution in [0.4, 0.5) is 28.8 Å². The Labute approximate surface area is 242 Å². The fourth-order valence-corrected chi connectivity index (χ4v) is 7.21. The van der Waals surface area contributed by atoms with Crippen molar-refractivity contribution in [3.05, 3.63) is 53.2 Å². The number of likely N-dealkylation sites (tertiary alicyclic amines) is 1. The van der Waals surface area contributed by atoms with Gasteiger partial charge in [-0.15, -0.1) is 0 Å². The third-order valence-electron chi connectivity index (χ3n) is 8.46. The summed E-state index contributed by atoms with van der Waals surface area (Å²) < 4.78 is 18.6. The zero-order chi connectivity index (χ0) is 28.5. The molecule has 2 aliphatic rings. The number of aromatic nitrogens is 2. The van der Waals surface area contributed by atoms with E-state index < -0.39 is 7.14 Å². The van der Waals surface area contributed by atoms with Crippen molar-refractivity contribution < 1.29 is 9.30 Å². The first-order valence-corrected chi connectivity index (χ1v) is 16.9.